The zero-order valence-corrected chi connectivity index (χ0v) is 18.4. The molecule has 6 aromatic rings. The van der Waals surface area contributed by atoms with E-state index in [0.717, 1.165) is 0 Å². The van der Waals surface area contributed by atoms with Gasteiger partial charge in [0.15, 0.2) is 5.65 Å². The lowest BCUT2D eigenvalue weighted by molar-refractivity contribution is 0.446. The lowest BCUT2D eigenvalue weighted by Gasteiger charge is -2.17. The summed E-state index contributed by atoms with van der Waals surface area (Å²) in [7, 11) is 0. The third-order valence-electron chi connectivity index (χ3n) is 5.97. The summed E-state index contributed by atoms with van der Waals surface area (Å²) in [6.07, 6.45) is 4.67. The first-order chi connectivity index (χ1) is 17.0. The van der Waals surface area contributed by atoms with Gasteiger partial charge in [-0.15, -0.1) is 0 Å². The Hall–Kier alpha value is -4.86. The smallest absolute Gasteiger partial charge is 0.200 e. The minimum atomic E-state index is -0.608. The molecule has 6 rings (SSSR count). The first-order valence-corrected chi connectivity index (χ1v) is 10.8. The van der Waals surface area contributed by atoms with Gasteiger partial charge in [0.1, 0.15) is 41.0 Å². The molecule has 35 heavy (non-hydrogen) atoms. The van der Waals surface area contributed by atoms with E-state index in [1.54, 1.807) is 53.5 Å². The highest BCUT2D eigenvalue weighted by Gasteiger charge is 2.27. The topological polar surface area (TPSA) is 129 Å². The summed E-state index contributed by atoms with van der Waals surface area (Å²) >= 11 is 0. The van der Waals surface area contributed by atoms with Gasteiger partial charge in [0.25, 0.3) is 0 Å². The molecule has 0 aliphatic heterocycles. The monoisotopic (exact) mass is 467 g/mol. The third kappa shape index (κ3) is 3.26. The van der Waals surface area contributed by atoms with Crippen molar-refractivity contribution in [3.8, 4) is 22.4 Å². The van der Waals surface area contributed by atoms with E-state index in [1.807, 2.05) is 6.92 Å². The fraction of sp³-hybridized carbons (Fsp3) is 0.0800. The largest absolute Gasteiger partial charge is 0.458 e. The number of H-pyrrole nitrogens is 1. The number of fused-ring (bicyclic) bond motifs is 2. The minimum absolute atomic E-state index is 0.256. The highest BCUT2D eigenvalue weighted by atomic mass is 19.1. The lowest BCUT2D eigenvalue weighted by Crippen LogP contribution is -2.16. The van der Waals surface area contributed by atoms with Crippen molar-refractivity contribution in [1.82, 2.24) is 29.9 Å². The van der Waals surface area contributed by atoms with E-state index in [9.17, 15) is 9.18 Å². The number of hydrogen-bond donors (Lipinski definition) is 2. The van der Waals surface area contributed by atoms with Crippen molar-refractivity contribution >= 4 is 27.8 Å². The Morgan fingerprint density at radius 3 is 2.77 bits per heavy atom. The molecule has 172 valence electrons. The van der Waals surface area contributed by atoms with Crippen molar-refractivity contribution in [3.05, 3.63) is 89.1 Å². The lowest BCUT2D eigenvalue weighted by atomic mass is 9.99. The number of hydrogen-bond acceptors (Lipinski definition) is 7. The van der Waals surface area contributed by atoms with Crippen molar-refractivity contribution < 1.29 is 8.81 Å². The molecular weight excluding hydrogens is 449 g/mol. The molecule has 0 saturated carbocycles. The molecule has 0 aliphatic carbocycles. The van der Waals surface area contributed by atoms with Crippen LogP contribution in [0.3, 0.4) is 0 Å². The number of nitrogen functional groups attached to an aromatic ring is 1. The molecule has 1 atom stereocenters. The maximum Gasteiger partial charge on any atom is 0.200 e. The normalized spacial score (nSPS) is 12.4. The number of aromatic amines is 1. The van der Waals surface area contributed by atoms with Crippen molar-refractivity contribution in [2.45, 2.75) is 13.0 Å². The zero-order valence-electron chi connectivity index (χ0n) is 18.4. The number of nitrogens with two attached hydrogens (primary N) is 1. The van der Waals surface area contributed by atoms with Gasteiger partial charge in [0.05, 0.1) is 22.5 Å². The van der Waals surface area contributed by atoms with Gasteiger partial charge in [-0.2, -0.15) is 10.2 Å². The van der Waals surface area contributed by atoms with Gasteiger partial charge in [-0.1, -0.05) is 24.3 Å². The summed E-state index contributed by atoms with van der Waals surface area (Å²) in [5, 5.41) is 12.5. The van der Waals surface area contributed by atoms with E-state index in [2.05, 4.69) is 20.2 Å². The van der Waals surface area contributed by atoms with Crippen LogP contribution in [0, 0.1) is 5.82 Å². The number of nitrogens with zero attached hydrogens (tertiary/aromatic N) is 5. The quantitative estimate of drug-likeness (QED) is 0.395. The molecule has 0 fully saturated rings. The molecule has 3 N–H and O–H groups in total. The van der Waals surface area contributed by atoms with Crippen LogP contribution in [-0.4, -0.2) is 29.9 Å². The van der Waals surface area contributed by atoms with E-state index in [1.165, 1.54) is 18.5 Å². The van der Waals surface area contributed by atoms with Crippen LogP contribution in [0.15, 0.2) is 76.5 Å². The second kappa shape index (κ2) is 7.87. The van der Waals surface area contributed by atoms with Crippen LogP contribution in [0.2, 0.25) is 0 Å². The molecule has 9 nitrogen and oxygen atoms in total. The summed E-state index contributed by atoms with van der Waals surface area (Å²) < 4.78 is 22.1. The summed E-state index contributed by atoms with van der Waals surface area (Å²) in [4.78, 5) is 22.2. The van der Waals surface area contributed by atoms with Gasteiger partial charge in [-0.25, -0.2) is 19.0 Å². The van der Waals surface area contributed by atoms with Gasteiger partial charge in [-0.3, -0.25) is 9.89 Å². The van der Waals surface area contributed by atoms with E-state index < -0.39 is 11.9 Å². The fourth-order valence-electron chi connectivity index (χ4n) is 4.33. The van der Waals surface area contributed by atoms with E-state index >= 15 is 0 Å². The maximum atomic E-state index is 14.2. The summed E-state index contributed by atoms with van der Waals surface area (Å²) in [5.41, 5.74) is 8.72. The Bertz CT molecular complexity index is 1770. The molecule has 0 radical (unpaired) electrons. The molecule has 0 spiro atoms. The Labute approximate surface area is 197 Å². The number of rotatable bonds is 4. The van der Waals surface area contributed by atoms with Gasteiger partial charge in [0, 0.05) is 11.8 Å². The van der Waals surface area contributed by atoms with Crippen molar-refractivity contribution in [2.24, 2.45) is 0 Å². The molecule has 0 aliphatic rings. The standard InChI is InChI=1S/C25H18FN7O2/c1-13(33-25-20(24(27)28-12-29-25)21(32-33)15-10-30-31-11-15)23-19(14-5-4-6-16(26)9-14)22(34)17-7-2-3-8-18(17)35-23/h2-13H,1H3,(H,30,31)(H2,27,28,29). The fourth-order valence-corrected chi connectivity index (χ4v) is 4.33. The van der Waals surface area contributed by atoms with Gasteiger partial charge < -0.3 is 10.2 Å². The highest BCUT2D eigenvalue weighted by Crippen LogP contribution is 2.36. The first-order valence-electron chi connectivity index (χ1n) is 10.8. The molecule has 4 aromatic heterocycles. The molecule has 0 amide bonds. The second-order valence-electron chi connectivity index (χ2n) is 8.09. The van der Waals surface area contributed by atoms with Gasteiger partial charge in [0.2, 0.25) is 5.43 Å². The average Bonchev–Trinajstić information content (AvgIpc) is 3.52. The first kappa shape index (κ1) is 20.7. The Balaban J connectivity index is 1.66. The van der Waals surface area contributed by atoms with E-state index in [0.29, 0.717) is 44.6 Å². The molecule has 0 bridgehead atoms. The van der Waals surface area contributed by atoms with Crippen molar-refractivity contribution in [3.63, 3.8) is 0 Å². The molecule has 4 heterocycles. The van der Waals surface area contributed by atoms with Crippen LogP contribution in [-0.2, 0) is 0 Å². The Morgan fingerprint density at radius 2 is 1.97 bits per heavy atom. The predicted molar refractivity (Wildman–Crippen MR) is 129 cm³/mol. The molecule has 2 aromatic carbocycles. The van der Waals surface area contributed by atoms with Crippen LogP contribution in [0.1, 0.15) is 18.7 Å². The van der Waals surface area contributed by atoms with Gasteiger partial charge >= 0.3 is 0 Å². The minimum Gasteiger partial charge on any atom is -0.458 e. The molecule has 0 saturated heterocycles. The van der Waals surface area contributed by atoms with Crippen LogP contribution in [0.4, 0.5) is 10.2 Å². The SMILES string of the molecule is CC(c1oc2ccccc2c(=O)c1-c1cccc(F)c1)n1nc(-c2cn[nH]c2)c2c(N)ncnc21. The summed E-state index contributed by atoms with van der Waals surface area (Å²) in [6, 6.07) is 12.2. The van der Waals surface area contributed by atoms with Crippen LogP contribution in [0.5, 0.6) is 0 Å². The van der Waals surface area contributed by atoms with Crippen molar-refractivity contribution in [1.29, 1.82) is 0 Å². The second-order valence-corrected chi connectivity index (χ2v) is 8.09. The Kier molecular flexibility index (Phi) is 4.66. The number of halogens is 1. The van der Waals surface area contributed by atoms with Crippen LogP contribution >= 0.6 is 0 Å². The van der Waals surface area contributed by atoms with E-state index in [-0.39, 0.29) is 16.8 Å². The number of nitrogens with one attached hydrogen (secondary N) is 1. The molecule has 10 heteroatoms. The maximum absolute atomic E-state index is 14.2. The van der Waals surface area contributed by atoms with Gasteiger partial charge in [-0.05, 0) is 36.8 Å². The number of anilines is 1. The van der Waals surface area contributed by atoms with Crippen LogP contribution < -0.4 is 11.2 Å². The molecule has 1 unspecified atom stereocenters. The molecular formula is C25H18FN7O2. The number of benzene rings is 2. The average molecular weight is 467 g/mol. The van der Waals surface area contributed by atoms with Crippen molar-refractivity contribution in [2.75, 3.05) is 5.73 Å². The zero-order chi connectivity index (χ0) is 24.1. The van der Waals surface area contributed by atoms with Crippen LogP contribution in [0.25, 0.3) is 44.4 Å². The number of para-hydroxylation sites is 1. The third-order valence-corrected chi connectivity index (χ3v) is 5.97. The predicted octanol–water partition coefficient (Wildman–Crippen LogP) is 4.32. The highest BCUT2D eigenvalue weighted by molar-refractivity contribution is 5.98. The summed E-state index contributed by atoms with van der Waals surface area (Å²) in [6.45, 7) is 1.83. The number of aromatic nitrogens is 6. The van der Waals surface area contributed by atoms with E-state index in [4.69, 9.17) is 15.2 Å². The summed E-state index contributed by atoms with van der Waals surface area (Å²) in [5.74, 6) is 0.121. The Morgan fingerprint density at radius 1 is 1.11 bits per heavy atom.